The first kappa shape index (κ1) is 22.7. The van der Waals surface area contributed by atoms with Crippen LogP contribution < -0.4 is 4.72 Å². The first-order valence-corrected chi connectivity index (χ1v) is 11.6. The van der Waals surface area contributed by atoms with Gasteiger partial charge in [-0.2, -0.15) is 0 Å². The summed E-state index contributed by atoms with van der Waals surface area (Å²) in [6, 6.07) is 5.99. The van der Waals surface area contributed by atoms with Crippen molar-refractivity contribution in [2.45, 2.75) is 17.7 Å². The third-order valence-electron chi connectivity index (χ3n) is 5.37. The number of ether oxygens (including phenoxy) is 2. The zero-order valence-electron chi connectivity index (χ0n) is 17.2. The smallest absolute Gasteiger partial charge is 0.253 e. The number of rotatable bonds is 7. The van der Waals surface area contributed by atoms with E-state index in [1.165, 1.54) is 19.2 Å². The molecule has 1 atom stereocenters. The monoisotopic (exact) mass is 439 g/mol. The Bertz CT molecular complexity index is 854. The molecule has 9 nitrogen and oxygen atoms in total. The molecule has 0 saturated carbocycles. The van der Waals surface area contributed by atoms with Crippen molar-refractivity contribution in [2.75, 3.05) is 59.7 Å². The highest BCUT2D eigenvalue weighted by molar-refractivity contribution is 7.89. The molecule has 1 unspecified atom stereocenters. The number of sulfonamides is 1. The van der Waals surface area contributed by atoms with E-state index in [1.807, 2.05) is 0 Å². The van der Waals surface area contributed by atoms with Crippen LogP contribution in [0, 0.1) is 5.92 Å². The lowest BCUT2D eigenvalue weighted by Gasteiger charge is -2.36. The molecule has 2 fully saturated rings. The minimum absolute atomic E-state index is 0.0300. The second-order valence-electron chi connectivity index (χ2n) is 7.45. The van der Waals surface area contributed by atoms with E-state index in [2.05, 4.69) is 4.72 Å². The van der Waals surface area contributed by atoms with E-state index in [4.69, 9.17) is 9.47 Å². The van der Waals surface area contributed by atoms with E-state index in [0.717, 1.165) is 12.8 Å². The van der Waals surface area contributed by atoms with Crippen LogP contribution in [-0.2, 0) is 24.3 Å². The summed E-state index contributed by atoms with van der Waals surface area (Å²) in [4.78, 5) is 29.3. The highest BCUT2D eigenvalue weighted by Gasteiger charge is 2.32. The van der Waals surface area contributed by atoms with Gasteiger partial charge in [-0.05, 0) is 31.0 Å². The number of benzene rings is 1. The van der Waals surface area contributed by atoms with Gasteiger partial charge >= 0.3 is 0 Å². The van der Waals surface area contributed by atoms with Gasteiger partial charge in [0.2, 0.25) is 15.9 Å². The van der Waals surface area contributed by atoms with Gasteiger partial charge in [0, 0.05) is 45.4 Å². The van der Waals surface area contributed by atoms with Crippen molar-refractivity contribution in [3.8, 4) is 0 Å². The standard InChI is InChI=1S/C20H29N3O6S/c1-28-11-7-21-30(26,27)18-6-2-4-16(14-18)19(24)23-8-3-5-17(15-23)20(25)22-9-12-29-13-10-22/h2,4,6,14,17,21H,3,5,7-13,15H2,1H3. The third-order valence-corrected chi connectivity index (χ3v) is 6.83. The number of likely N-dealkylation sites (tertiary alicyclic amines) is 1. The Kier molecular flexibility index (Phi) is 7.81. The van der Waals surface area contributed by atoms with E-state index in [1.54, 1.807) is 21.9 Å². The van der Waals surface area contributed by atoms with E-state index in [-0.39, 0.29) is 35.8 Å². The lowest BCUT2D eigenvalue weighted by atomic mass is 9.95. The van der Waals surface area contributed by atoms with E-state index in [9.17, 15) is 18.0 Å². The molecule has 1 N–H and O–H groups in total. The summed E-state index contributed by atoms with van der Waals surface area (Å²) < 4.78 is 37.5. The summed E-state index contributed by atoms with van der Waals surface area (Å²) in [6.07, 6.45) is 1.49. The van der Waals surface area contributed by atoms with Crippen molar-refractivity contribution in [2.24, 2.45) is 5.92 Å². The van der Waals surface area contributed by atoms with Gasteiger partial charge in [0.15, 0.2) is 0 Å². The maximum Gasteiger partial charge on any atom is 0.253 e. The van der Waals surface area contributed by atoms with Gasteiger partial charge < -0.3 is 19.3 Å². The van der Waals surface area contributed by atoms with Gasteiger partial charge in [-0.25, -0.2) is 13.1 Å². The molecule has 0 bridgehead atoms. The molecule has 2 aliphatic heterocycles. The molecule has 3 rings (SSSR count). The second kappa shape index (κ2) is 10.3. The van der Waals surface area contributed by atoms with Crippen LogP contribution in [0.15, 0.2) is 29.2 Å². The van der Waals surface area contributed by atoms with Crippen molar-refractivity contribution in [1.29, 1.82) is 0 Å². The van der Waals surface area contributed by atoms with Crippen molar-refractivity contribution in [3.63, 3.8) is 0 Å². The van der Waals surface area contributed by atoms with Crippen LogP contribution in [0.4, 0.5) is 0 Å². The Morgan fingerprint density at radius 3 is 2.70 bits per heavy atom. The summed E-state index contributed by atoms with van der Waals surface area (Å²) in [7, 11) is -2.24. The van der Waals surface area contributed by atoms with Crippen LogP contribution >= 0.6 is 0 Å². The molecule has 2 amide bonds. The number of methoxy groups -OCH3 is 1. The summed E-state index contributed by atoms with van der Waals surface area (Å²) in [5.41, 5.74) is 0.295. The zero-order valence-corrected chi connectivity index (χ0v) is 18.0. The van der Waals surface area contributed by atoms with Gasteiger partial charge in [-0.3, -0.25) is 9.59 Å². The van der Waals surface area contributed by atoms with Crippen molar-refractivity contribution in [3.05, 3.63) is 29.8 Å². The molecule has 0 radical (unpaired) electrons. The van der Waals surface area contributed by atoms with Crippen molar-refractivity contribution >= 4 is 21.8 Å². The summed E-state index contributed by atoms with van der Waals surface area (Å²) in [5.74, 6) is -0.429. The summed E-state index contributed by atoms with van der Waals surface area (Å²) in [6.45, 7) is 3.55. The Labute approximate surface area is 177 Å². The van der Waals surface area contributed by atoms with Gasteiger partial charge in [0.1, 0.15) is 0 Å². The van der Waals surface area contributed by atoms with E-state index >= 15 is 0 Å². The number of hydrogen-bond acceptors (Lipinski definition) is 6. The largest absolute Gasteiger partial charge is 0.383 e. The maximum absolute atomic E-state index is 13.0. The fourth-order valence-corrected chi connectivity index (χ4v) is 4.80. The molecule has 30 heavy (non-hydrogen) atoms. The first-order valence-electron chi connectivity index (χ1n) is 10.2. The number of nitrogens with zero attached hydrogens (tertiary/aromatic N) is 2. The third kappa shape index (κ3) is 5.57. The van der Waals surface area contributed by atoms with Crippen molar-refractivity contribution < 1.29 is 27.5 Å². The quantitative estimate of drug-likeness (QED) is 0.614. The Hall–Kier alpha value is -2.01. The van der Waals surface area contributed by atoms with Crippen LogP contribution in [0.3, 0.4) is 0 Å². The van der Waals surface area contributed by atoms with Gasteiger partial charge in [-0.15, -0.1) is 0 Å². The Balaban J connectivity index is 1.67. The number of nitrogens with one attached hydrogen (secondary N) is 1. The highest BCUT2D eigenvalue weighted by Crippen LogP contribution is 2.22. The van der Waals surface area contributed by atoms with E-state index in [0.29, 0.717) is 45.0 Å². The molecule has 2 aliphatic rings. The minimum Gasteiger partial charge on any atom is -0.383 e. The number of hydrogen-bond donors (Lipinski definition) is 1. The predicted octanol–water partition coefficient (Wildman–Crippen LogP) is 0.322. The Morgan fingerprint density at radius 1 is 1.20 bits per heavy atom. The summed E-state index contributed by atoms with van der Waals surface area (Å²) >= 11 is 0. The zero-order chi connectivity index (χ0) is 21.6. The van der Waals surface area contributed by atoms with Crippen LogP contribution in [0.1, 0.15) is 23.2 Å². The predicted molar refractivity (Wildman–Crippen MR) is 110 cm³/mol. The number of amides is 2. The number of morpholine rings is 1. The molecule has 2 heterocycles. The molecular formula is C20H29N3O6S. The average molecular weight is 440 g/mol. The lowest BCUT2D eigenvalue weighted by molar-refractivity contribution is -0.141. The number of piperidine rings is 1. The topological polar surface area (TPSA) is 105 Å². The maximum atomic E-state index is 13.0. The molecule has 0 aliphatic carbocycles. The normalized spacial score (nSPS) is 20.2. The number of carbonyl (C=O) groups is 2. The minimum atomic E-state index is -3.73. The van der Waals surface area contributed by atoms with E-state index < -0.39 is 10.0 Å². The molecular weight excluding hydrogens is 410 g/mol. The SMILES string of the molecule is COCCNS(=O)(=O)c1cccc(C(=O)N2CCCC(C(=O)N3CCOCC3)C2)c1. The Morgan fingerprint density at radius 2 is 1.97 bits per heavy atom. The first-order chi connectivity index (χ1) is 14.4. The highest BCUT2D eigenvalue weighted by atomic mass is 32.2. The van der Waals surface area contributed by atoms with Crippen LogP contribution in [-0.4, -0.2) is 89.7 Å². The fourth-order valence-electron chi connectivity index (χ4n) is 3.75. The van der Waals surface area contributed by atoms with Crippen LogP contribution in [0.25, 0.3) is 0 Å². The molecule has 1 aromatic rings. The molecule has 0 aromatic heterocycles. The molecule has 10 heteroatoms. The van der Waals surface area contributed by atoms with Gasteiger partial charge in [0.05, 0.1) is 30.6 Å². The summed E-state index contributed by atoms with van der Waals surface area (Å²) in [5, 5.41) is 0. The van der Waals surface area contributed by atoms with Crippen LogP contribution in [0.5, 0.6) is 0 Å². The molecule has 1 aromatic carbocycles. The molecule has 166 valence electrons. The van der Waals surface area contributed by atoms with Crippen LogP contribution in [0.2, 0.25) is 0 Å². The average Bonchev–Trinajstić information content (AvgIpc) is 2.79. The fraction of sp³-hybridized carbons (Fsp3) is 0.600. The lowest BCUT2D eigenvalue weighted by Crippen LogP contribution is -2.49. The second-order valence-corrected chi connectivity index (χ2v) is 9.21. The van der Waals surface area contributed by atoms with Crippen molar-refractivity contribution in [1.82, 2.24) is 14.5 Å². The molecule has 2 saturated heterocycles. The van der Waals surface area contributed by atoms with Gasteiger partial charge in [-0.1, -0.05) is 6.07 Å². The van der Waals surface area contributed by atoms with Gasteiger partial charge in [0.25, 0.3) is 5.91 Å². The number of carbonyl (C=O) groups excluding carboxylic acids is 2. The molecule has 0 spiro atoms.